The van der Waals surface area contributed by atoms with Crippen LogP contribution < -0.4 is 0 Å². The molecular formula is C13H14BrFO. The monoisotopic (exact) mass is 284 g/mol. The summed E-state index contributed by atoms with van der Waals surface area (Å²) in [5, 5.41) is 0. The molecule has 3 heteroatoms. The Hall–Kier alpha value is -0.700. The average Bonchev–Trinajstić information content (AvgIpc) is 2.27. The standard InChI is InChI=1S/C13H14BrFO/c14-12-6-5-11(15)8-10(12)7-9-3-1-2-4-13(9)16/h5-6,8-9H,1-4,7H2. The van der Waals surface area contributed by atoms with Crippen LogP contribution in [-0.4, -0.2) is 5.78 Å². The largest absolute Gasteiger partial charge is 0.299 e. The lowest BCUT2D eigenvalue weighted by Crippen LogP contribution is -2.21. The van der Waals surface area contributed by atoms with Crippen LogP contribution in [-0.2, 0) is 11.2 Å². The van der Waals surface area contributed by atoms with Gasteiger partial charge in [-0.15, -0.1) is 0 Å². The van der Waals surface area contributed by atoms with E-state index in [1.807, 2.05) is 0 Å². The van der Waals surface area contributed by atoms with Gasteiger partial charge in [0.25, 0.3) is 0 Å². The highest BCUT2D eigenvalue weighted by atomic mass is 79.9. The van der Waals surface area contributed by atoms with Crippen molar-refractivity contribution in [2.24, 2.45) is 5.92 Å². The van der Waals surface area contributed by atoms with E-state index in [4.69, 9.17) is 0 Å². The van der Waals surface area contributed by atoms with Crippen molar-refractivity contribution in [2.45, 2.75) is 32.1 Å². The molecule has 1 aliphatic rings. The lowest BCUT2D eigenvalue weighted by atomic mass is 9.84. The second kappa shape index (κ2) is 5.09. The Labute approximate surface area is 103 Å². The van der Waals surface area contributed by atoms with Gasteiger partial charge in [0, 0.05) is 16.8 Å². The van der Waals surface area contributed by atoms with Gasteiger partial charge in [0.15, 0.2) is 0 Å². The molecule has 86 valence electrons. The van der Waals surface area contributed by atoms with Crippen LogP contribution in [0.5, 0.6) is 0 Å². The maximum Gasteiger partial charge on any atom is 0.136 e. The summed E-state index contributed by atoms with van der Waals surface area (Å²) in [5.74, 6) is 0.190. The van der Waals surface area contributed by atoms with Crippen molar-refractivity contribution in [1.82, 2.24) is 0 Å². The van der Waals surface area contributed by atoms with Gasteiger partial charge in [-0.3, -0.25) is 4.79 Å². The molecule has 0 amide bonds. The van der Waals surface area contributed by atoms with Crippen LogP contribution in [0, 0.1) is 11.7 Å². The van der Waals surface area contributed by atoms with Crippen LogP contribution in [0.25, 0.3) is 0 Å². The third-order valence-corrected chi connectivity index (χ3v) is 3.93. The Balaban J connectivity index is 2.13. The summed E-state index contributed by atoms with van der Waals surface area (Å²) >= 11 is 3.40. The molecule has 16 heavy (non-hydrogen) atoms. The summed E-state index contributed by atoms with van der Waals surface area (Å²) in [4.78, 5) is 11.7. The normalized spacial score (nSPS) is 21.1. The van der Waals surface area contributed by atoms with Crippen molar-refractivity contribution in [3.63, 3.8) is 0 Å². The Bertz CT molecular complexity index is 403. The number of hydrogen-bond donors (Lipinski definition) is 0. The number of Topliss-reactive ketones (excluding diaryl/α,β-unsaturated/α-hetero) is 1. The maximum absolute atomic E-state index is 13.1. The molecule has 1 nitrogen and oxygen atoms in total. The number of hydrogen-bond acceptors (Lipinski definition) is 1. The zero-order valence-corrected chi connectivity index (χ0v) is 10.6. The molecule has 0 saturated heterocycles. The van der Waals surface area contributed by atoms with E-state index in [1.165, 1.54) is 12.1 Å². The number of benzene rings is 1. The molecule has 1 atom stereocenters. The Morgan fingerprint density at radius 3 is 2.94 bits per heavy atom. The lowest BCUT2D eigenvalue weighted by molar-refractivity contribution is -0.124. The highest BCUT2D eigenvalue weighted by molar-refractivity contribution is 9.10. The highest BCUT2D eigenvalue weighted by Gasteiger charge is 2.23. The Kier molecular flexibility index (Phi) is 3.74. The van der Waals surface area contributed by atoms with Crippen LogP contribution in [0.15, 0.2) is 22.7 Å². The molecule has 1 aromatic carbocycles. The van der Waals surface area contributed by atoms with Crippen LogP contribution in [0.1, 0.15) is 31.2 Å². The van der Waals surface area contributed by atoms with Gasteiger partial charge in [0.2, 0.25) is 0 Å². The molecule has 1 saturated carbocycles. The van der Waals surface area contributed by atoms with Crippen molar-refractivity contribution in [1.29, 1.82) is 0 Å². The third-order valence-electron chi connectivity index (χ3n) is 3.16. The summed E-state index contributed by atoms with van der Waals surface area (Å²) in [6.07, 6.45) is 4.43. The highest BCUT2D eigenvalue weighted by Crippen LogP contribution is 2.27. The van der Waals surface area contributed by atoms with E-state index in [9.17, 15) is 9.18 Å². The Morgan fingerprint density at radius 1 is 1.38 bits per heavy atom. The fourth-order valence-corrected chi connectivity index (χ4v) is 2.64. The van der Waals surface area contributed by atoms with E-state index in [-0.39, 0.29) is 11.7 Å². The number of carbonyl (C=O) groups is 1. The van der Waals surface area contributed by atoms with Gasteiger partial charge < -0.3 is 0 Å². The summed E-state index contributed by atoms with van der Waals surface area (Å²) in [5.41, 5.74) is 0.903. The van der Waals surface area contributed by atoms with Crippen LogP contribution in [0.2, 0.25) is 0 Å². The predicted molar refractivity (Wildman–Crippen MR) is 64.8 cm³/mol. The second-order valence-corrected chi connectivity index (χ2v) is 5.20. The maximum atomic E-state index is 13.1. The molecule has 1 aromatic rings. The smallest absolute Gasteiger partial charge is 0.136 e. The zero-order chi connectivity index (χ0) is 11.5. The van der Waals surface area contributed by atoms with Gasteiger partial charge in [-0.2, -0.15) is 0 Å². The van der Waals surface area contributed by atoms with Crippen LogP contribution in [0.4, 0.5) is 4.39 Å². The quantitative estimate of drug-likeness (QED) is 0.805. The van der Waals surface area contributed by atoms with Crippen molar-refractivity contribution in [2.75, 3.05) is 0 Å². The SMILES string of the molecule is O=C1CCCCC1Cc1cc(F)ccc1Br. The first-order chi connectivity index (χ1) is 7.66. The van der Waals surface area contributed by atoms with Crippen molar-refractivity contribution in [3.8, 4) is 0 Å². The minimum Gasteiger partial charge on any atom is -0.299 e. The van der Waals surface area contributed by atoms with Gasteiger partial charge in [-0.25, -0.2) is 4.39 Å². The topological polar surface area (TPSA) is 17.1 Å². The molecule has 1 unspecified atom stereocenters. The van der Waals surface area contributed by atoms with Crippen molar-refractivity contribution >= 4 is 21.7 Å². The van der Waals surface area contributed by atoms with E-state index >= 15 is 0 Å². The molecule has 0 aromatic heterocycles. The van der Waals surface area contributed by atoms with Gasteiger partial charge in [0.1, 0.15) is 11.6 Å². The van der Waals surface area contributed by atoms with Gasteiger partial charge in [-0.05, 0) is 43.0 Å². The van der Waals surface area contributed by atoms with Gasteiger partial charge >= 0.3 is 0 Å². The van der Waals surface area contributed by atoms with Crippen LogP contribution in [0.3, 0.4) is 0 Å². The molecule has 0 heterocycles. The second-order valence-electron chi connectivity index (χ2n) is 4.35. The van der Waals surface area contributed by atoms with E-state index in [0.717, 1.165) is 29.3 Å². The van der Waals surface area contributed by atoms with E-state index < -0.39 is 0 Å². The third kappa shape index (κ3) is 2.70. The Morgan fingerprint density at radius 2 is 2.19 bits per heavy atom. The van der Waals surface area contributed by atoms with Gasteiger partial charge in [0.05, 0.1) is 0 Å². The van der Waals surface area contributed by atoms with Crippen LogP contribution >= 0.6 is 15.9 Å². The number of halogens is 2. The first kappa shape index (κ1) is 11.8. The fourth-order valence-electron chi connectivity index (χ4n) is 2.24. The van der Waals surface area contributed by atoms with E-state index in [2.05, 4.69) is 15.9 Å². The molecule has 0 spiro atoms. The summed E-state index contributed by atoms with van der Waals surface area (Å²) < 4.78 is 14.0. The molecule has 0 bridgehead atoms. The van der Waals surface area contributed by atoms with E-state index in [1.54, 1.807) is 6.07 Å². The van der Waals surface area contributed by atoms with Gasteiger partial charge in [-0.1, -0.05) is 22.4 Å². The molecule has 1 fully saturated rings. The lowest BCUT2D eigenvalue weighted by Gasteiger charge is -2.20. The molecule has 2 rings (SSSR count). The minimum absolute atomic E-state index is 0.0897. The molecule has 1 aliphatic carbocycles. The predicted octanol–water partition coefficient (Wildman–Crippen LogP) is 3.89. The fraction of sp³-hybridized carbons (Fsp3) is 0.462. The van der Waals surface area contributed by atoms with Crippen molar-refractivity contribution in [3.05, 3.63) is 34.1 Å². The first-order valence-electron chi connectivity index (χ1n) is 5.63. The minimum atomic E-state index is -0.235. The number of rotatable bonds is 2. The van der Waals surface area contributed by atoms with E-state index in [0.29, 0.717) is 18.6 Å². The molecule has 0 aliphatic heterocycles. The summed E-state index contributed by atoms with van der Waals surface area (Å²) in [6.45, 7) is 0. The van der Waals surface area contributed by atoms with Crippen molar-refractivity contribution < 1.29 is 9.18 Å². The summed E-state index contributed by atoms with van der Waals surface area (Å²) in [6, 6.07) is 4.65. The molecule has 0 radical (unpaired) electrons. The molecule has 0 N–H and O–H groups in total. The number of ketones is 1. The average molecular weight is 285 g/mol. The molecular weight excluding hydrogens is 271 g/mol. The number of carbonyl (C=O) groups excluding carboxylic acids is 1. The first-order valence-corrected chi connectivity index (χ1v) is 6.43. The summed E-state index contributed by atoms with van der Waals surface area (Å²) in [7, 11) is 0. The zero-order valence-electron chi connectivity index (χ0n) is 9.01.